The van der Waals surface area contributed by atoms with E-state index < -0.39 is 0 Å². The van der Waals surface area contributed by atoms with Crippen LogP contribution in [0.1, 0.15) is 35.7 Å². The average molecular weight is 353 g/mol. The molecule has 21 heavy (non-hydrogen) atoms. The highest BCUT2D eigenvalue weighted by Crippen LogP contribution is 2.20. The lowest BCUT2D eigenvalue weighted by molar-refractivity contribution is -0.130. The van der Waals surface area contributed by atoms with E-state index in [9.17, 15) is 9.59 Å². The molecule has 1 aliphatic rings. The SMILES string of the molecule is CCC(=O)N1CCCN(C(=O)c2cc(C)ccc2Br)CC1. The molecule has 0 aliphatic carbocycles. The van der Waals surface area contributed by atoms with Crippen LogP contribution in [0.2, 0.25) is 0 Å². The van der Waals surface area contributed by atoms with E-state index in [2.05, 4.69) is 15.9 Å². The number of nitrogens with zero attached hydrogens (tertiary/aromatic N) is 2. The number of hydrogen-bond donors (Lipinski definition) is 0. The fourth-order valence-corrected chi connectivity index (χ4v) is 2.98. The lowest BCUT2D eigenvalue weighted by atomic mass is 10.1. The standard InChI is InChI=1S/C16H21BrN2O2/c1-3-15(20)18-7-4-8-19(10-9-18)16(21)13-11-12(2)5-6-14(13)17/h5-6,11H,3-4,7-10H2,1-2H3. The Morgan fingerprint density at radius 3 is 2.52 bits per heavy atom. The van der Waals surface area contributed by atoms with Gasteiger partial charge in [-0.1, -0.05) is 18.6 Å². The van der Waals surface area contributed by atoms with Crippen molar-refractivity contribution < 1.29 is 9.59 Å². The van der Waals surface area contributed by atoms with Crippen molar-refractivity contribution in [2.24, 2.45) is 0 Å². The van der Waals surface area contributed by atoms with Gasteiger partial charge in [0.15, 0.2) is 0 Å². The number of benzene rings is 1. The number of rotatable bonds is 2. The molecule has 5 heteroatoms. The highest BCUT2D eigenvalue weighted by atomic mass is 79.9. The zero-order valence-electron chi connectivity index (χ0n) is 12.6. The zero-order valence-corrected chi connectivity index (χ0v) is 14.1. The van der Waals surface area contributed by atoms with Crippen LogP contribution in [-0.2, 0) is 4.79 Å². The molecular formula is C16H21BrN2O2. The second kappa shape index (κ2) is 7.07. The summed E-state index contributed by atoms with van der Waals surface area (Å²) in [5.41, 5.74) is 1.77. The van der Waals surface area contributed by atoms with Gasteiger partial charge in [-0.3, -0.25) is 9.59 Å². The van der Waals surface area contributed by atoms with Gasteiger partial charge in [0, 0.05) is 37.1 Å². The van der Waals surface area contributed by atoms with Gasteiger partial charge >= 0.3 is 0 Å². The third-order valence-corrected chi connectivity index (χ3v) is 4.48. The predicted octanol–water partition coefficient (Wildman–Crippen LogP) is 2.84. The number of carbonyl (C=O) groups is 2. The van der Waals surface area contributed by atoms with Crippen molar-refractivity contribution in [3.05, 3.63) is 33.8 Å². The van der Waals surface area contributed by atoms with Crippen molar-refractivity contribution in [1.82, 2.24) is 9.80 Å². The van der Waals surface area contributed by atoms with Crippen molar-refractivity contribution >= 4 is 27.7 Å². The summed E-state index contributed by atoms with van der Waals surface area (Å²) in [6.07, 6.45) is 1.36. The second-order valence-corrected chi connectivity index (χ2v) is 6.22. The summed E-state index contributed by atoms with van der Waals surface area (Å²) in [5.74, 6) is 0.206. The molecule has 0 aromatic heterocycles. The smallest absolute Gasteiger partial charge is 0.255 e. The van der Waals surface area contributed by atoms with Crippen LogP contribution < -0.4 is 0 Å². The topological polar surface area (TPSA) is 40.6 Å². The van der Waals surface area contributed by atoms with E-state index in [0.717, 1.165) is 23.0 Å². The van der Waals surface area contributed by atoms with Crippen LogP contribution in [0.15, 0.2) is 22.7 Å². The van der Waals surface area contributed by atoms with Crippen molar-refractivity contribution in [3.8, 4) is 0 Å². The molecule has 114 valence electrons. The molecule has 0 atom stereocenters. The van der Waals surface area contributed by atoms with Crippen LogP contribution in [0.25, 0.3) is 0 Å². The lowest BCUT2D eigenvalue weighted by Gasteiger charge is -2.22. The van der Waals surface area contributed by atoms with Gasteiger partial charge in [-0.2, -0.15) is 0 Å². The molecule has 0 saturated carbocycles. The number of carbonyl (C=O) groups excluding carboxylic acids is 2. The number of amides is 2. The quantitative estimate of drug-likeness (QED) is 0.820. The Balaban J connectivity index is 2.10. The highest BCUT2D eigenvalue weighted by molar-refractivity contribution is 9.10. The maximum Gasteiger partial charge on any atom is 0.255 e. The number of hydrogen-bond acceptors (Lipinski definition) is 2. The normalized spacial score (nSPS) is 15.8. The van der Waals surface area contributed by atoms with Crippen molar-refractivity contribution in [2.45, 2.75) is 26.7 Å². The van der Waals surface area contributed by atoms with Gasteiger partial charge in [0.05, 0.1) is 5.56 Å². The fourth-order valence-electron chi connectivity index (χ4n) is 2.57. The van der Waals surface area contributed by atoms with Crippen LogP contribution in [0, 0.1) is 6.92 Å². The first-order valence-corrected chi connectivity index (χ1v) is 8.15. The van der Waals surface area contributed by atoms with E-state index in [-0.39, 0.29) is 11.8 Å². The Labute approximate surface area is 134 Å². The Bertz CT molecular complexity index is 545. The summed E-state index contributed by atoms with van der Waals surface area (Å²) in [6.45, 7) is 6.53. The minimum absolute atomic E-state index is 0.0383. The third-order valence-electron chi connectivity index (χ3n) is 3.79. The van der Waals surface area contributed by atoms with Gasteiger partial charge in [-0.25, -0.2) is 0 Å². The molecule has 2 amide bonds. The Hall–Kier alpha value is -1.36. The van der Waals surface area contributed by atoms with Gasteiger partial charge < -0.3 is 9.80 Å². The third kappa shape index (κ3) is 3.84. The number of halogens is 1. The van der Waals surface area contributed by atoms with E-state index in [1.165, 1.54) is 0 Å². The van der Waals surface area contributed by atoms with Crippen LogP contribution in [-0.4, -0.2) is 47.8 Å². The summed E-state index contributed by atoms with van der Waals surface area (Å²) in [5, 5.41) is 0. The molecule has 4 nitrogen and oxygen atoms in total. The molecule has 0 N–H and O–H groups in total. The maximum absolute atomic E-state index is 12.7. The molecule has 1 heterocycles. The maximum atomic E-state index is 12.7. The molecule has 1 fully saturated rings. The van der Waals surface area contributed by atoms with Gasteiger partial charge in [-0.05, 0) is 41.4 Å². The van der Waals surface area contributed by atoms with Crippen LogP contribution in [0.3, 0.4) is 0 Å². The fraction of sp³-hybridized carbons (Fsp3) is 0.500. The Morgan fingerprint density at radius 1 is 1.14 bits per heavy atom. The van der Waals surface area contributed by atoms with Crippen molar-refractivity contribution in [1.29, 1.82) is 0 Å². The largest absolute Gasteiger partial charge is 0.341 e. The molecule has 0 bridgehead atoms. The van der Waals surface area contributed by atoms with Crippen LogP contribution in [0.4, 0.5) is 0 Å². The minimum atomic E-state index is 0.0383. The molecule has 1 aromatic carbocycles. The zero-order chi connectivity index (χ0) is 15.4. The predicted molar refractivity (Wildman–Crippen MR) is 86.3 cm³/mol. The lowest BCUT2D eigenvalue weighted by Crippen LogP contribution is -2.37. The monoisotopic (exact) mass is 352 g/mol. The first kappa shape index (κ1) is 16.0. The molecule has 0 spiro atoms. The minimum Gasteiger partial charge on any atom is -0.341 e. The van der Waals surface area contributed by atoms with E-state index in [1.54, 1.807) is 0 Å². The molecule has 2 rings (SSSR count). The summed E-state index contributed by atoms with van der Waals surface area (Å²) in [6, 6.07) is 5.80. The van der Waals surface area contributed by atoms with Crippen LogP contribution >= 0.6 is 15.9 Å². The Kier molecular flexibility index (Phi) is 5.39. The van der Waals surface area contributed by atoms with E-state index in [0.29, 0.717) is 31.6 Å². The molecule has 0 unspecified atom stereocenters. The van der Waals surface area contributed by atoms with Gasteiger partial charge in [0.25, 0.3) is 5.91 Å². The Morgan fingerprint density at radius 2 is 1.81 bits per heavy atom. The molecular weight excluding hydrogens is 332 g/mol. The highest BCUT2D eigenvalue weighted by Gasteiger charge is 2.23. The van der Waals surface area contributed by atoms with E-state index in [4.69, 9.17) is 0 Å². The average Bonchev–Trinajstić information content (AvgIpc) is 2.74. The van der Waals surface area contributed by atoms with E-state index >= 15 is 0 Å². The van der Waals surface area contributed by atoms with Crippen molar-refractivity contribution in [2.75, 3.05) is 26.2 Å². The molecule has 1 aliphatic heterocycles. The summed E-state index contributed by atoms with van der Waals surface area (Å²) in [7, 11) is 0. The molecule has 1 saturated heterocycles. The van der Waals surface area contributed by atoms with Crippen molar-refractivity contribution in [3.63, 3.8) is 0 Å². The van der Waals surface area contributed by atoms with Gasteiger partial charge in [0.2, 0.25) is 5.91 Å². The summed E-state index contributed by atoms with van der Waals surface area (Å²) >= 11 is 3.45. The van der Waals surface area contributed by atoms with Crippen LogP contribution in [0.5, 0.6) is 0 Å². The second-order valence-electron chi connectivity index (χ2n) is 5.36. The molecule has 1 aromatic rings. The molecule has 0 radical (unpaired) electrons. The van der Waals surface area contributed by atoms with Gasteiger partial charge in [0.1, 0.15) is 0 Å². The number of aryl methyl sites for hydroxylation is 1. The first-order chi connectivity index (χ1) is 10.0. The van der Waals surface area contributed by atoms with E-state index in [1.807, 2.05) is 41.8 Å². The first-order valence-electron chi connectivity index (χ1n) is 7.36. The summed E-state index contributed by atoms with van der Waals surface area (Å²) < 4.78 is 0.823. The van der Waals surface area contributed by atoms with Gasteiger partial charge in [-0.15, -0.1) is 0 Å². The summed E-state index contributed by atoms with van der Waals surface area (Å²) in [4.78, 5) is 28.2.